The third-order valence-electron chi connectivity index (χ3n) is 5.09. The minimum Gasteiger partial charge on any atom is -0.378 e. The van der Waals surface area contributed by atoms with E-state index in [1.54, 1.807) is 0 Å². The first-order chi connectivity index (χ1) is 10.2. The van der Waals surface area contributed by atoms with Gasteiger partial charge in [-0.1, -0.05) is 12.1 Å². The average molecular weight is 299 g/mol. The lowest BCUT2D eigenvalue weighted by atomic mass is 9.65. The molecule has 0 aromatic heterocycles. The number of fused-ring (bicyclic) bond motifs is 3. The van der Waals surface area contributed by atoms with Crippen LogP contribution in [0.2, 0.25) is 0 Å². The van der Waals surface area contributed by atoms with Crippen molar-refractivity contribution in [1.82, 2.24) is 0 Å². The maximum absolute atomic E-state index is 12.8. The second-order valence-electron chi connectivity index (χ2n) is 7.44. The van der Waals surface area contributed by atoms with Crippen LogP contribution in [0.15, 0.2) is 29.8 Å². The van der Waals surface area contributed by atoms with Crippen LogP contribution in [-0.2, 0) is 9.53 Å². The fraction of sp³-hybridized carbons (Fsp3) is 0.526. The summed E-state index contributed by atoms with van der Waals surface area (Å²) in [7, 11) is 4.05. The van der Waals surface area contributed by atoms with Crippen LogP contribution in [0.4, 0.5) is 5.69 Å². The van der Waals surface area contributed by atoms with Gasteiger partial charge in [-0.25, -0.2) is 0 Å². The predicted molar refractivity (Wildman–Crippen MR) is 90.0 cm³/mol. The molecule has 1 aromatic carbocycles. The highest BCUT2D eigenvalue weighted by Gasteiger charge is 2.56. The molecule has 2 bridgehead atoms. The molecule has 1 saturated carbocycles. The molecule has 22 heavy (non-hydrogen) atoms. The zero-order valence-corrected chi connectivity index (χ0v) is 14.1. The van der Waals surface area contributed by atoms with Gasteiger partial charge in [0.1, 0.15) is 5.60 Å². The van der Waals surface area contributed by atoms with Gasteiger partial charge in [0.2, 0.25) is 0 Å². The maximum atomic E-state index is 12.8. The summed E-state index contributed by atoms with van der Waals surface area (Å²) >= 11 is 0. The molecule has 2 aliphatic heterocycles. The SMILES string of the molecule is CN(C)c1ccc(/C=C2\C(=O)C3(C)CCC2C(C)(C)O3)cc1. The molecule has 1 aromatic rings. The zero-order chi connectivity index (χ0) is 16.1. The quantitative estimate of drug-likeness (QED) is 0.780. The third-order valence-corrected chi connectivity index (χ3v) is 5.09. The summed E-state index contributed by atoms with van der Waals surface area (Å²) in [4.78, 5) is 14.8. The van der Waals surface area contributed by atoms with E-state index in [2.05, 4.69) is 49.1 Å². The number of ether oxygens (including phenoxy) is 1. The van der Waals surface area contributed by atoms with Crippen molar-refractivity contribution in [2.75, 3.05) is 19.0 Å². The van der Waals surface area contributed by atoms with Crippen LogP contribution in [0.25, 0.3) is 6.08 Å². The normalized spacial score (nSPS) is 31.6. The molecule has 2 saturated heterocycles. The first kappa shape index (κ1) is 15.3. The van der Waals surface area contributed by atoms with E-state index in [4.69, 9.17) is 4.74 Å². The van der Waals surface area contributed by atoms with Crippen LogP contribution in [0.5, 0.6) is 0 Å². The summed E-state index contributed by atoms with van der Waals surface area (Å²) in [5.74, 6) is 0.357. The molecule has 0 spiro atoms. The molecule has 2 atom stereocenters. The van der Waals surface area contributed by atoms with Crippen molar-refractivity contribution in [2.24, 2.45) is 5.92 Å². The van der Waals surface area contributed by atoms with Gasteiger partial charge in [0, 0.05) is 31.3 Å². The van der Waals surface area contributed by atoms with E-state index in [1.165, 1.54) is 0 Å². The van der Waals surface area contributed by atoms with Crippen molar-refractivity contribution in [3.8, 4) is 0 Å². The first-order valence-corrected chi connectivity index (χ1v) is 7.97. The van der Waals surface area contributed by atoms with E-state index in [-0.39, 0.29) is 17.3 Å². The lowest BCUT2D eigenvalue weighted by Gasteiger charge is -2.53. The summed E-state index contributed by atoms with van der Waals surface area (Å²) in [6.07, 6.45) is 3.92. The van der Waals surface area contributed by atoms with E-state index >= 15 is 0 Å². The minimum absolute atomic E-state index is 0.166. The number of benzene rings is 1. The Bertz CT molecular complexity index is 627. The van der Waals surface area contributed by atoms with Crippen molar-refractivity contribution < 1.29 is 9.53 Å². The number of rotatable bonds is 2. The van der Waals surface area contributed by atoms with Crippen molar-refractivity contribution in [3.05, 3.63) is 35.4 Å². The highest BCUT2D eigenvalue weighted by molar-refractivity contribution is 6.07. The van der Waals surface area contributed by atoms with Crippen LogP contribution in [0.1, 0.15) is 39.2 Å². The molecule has 118 valence electrons. The molecule has 2 heterocycles. The van der Waals surface area contributed by atoms with Crippen LogP contribution in [0.3, 0.4) is 0 Å². The van der Waals surface area contributed by atoms with Gasteiger partial charge in [-0.15, -0.1) is 0 Å². The summed E-state index contributed by atoms with van der Waals surface area (Å²) in [6.45, 7) is 6.14. The van der Waals surface area contributed by atoms with Gasteiger partial charge in [-0.05, 0) is 57.4 Å². The molecule has 1 aliphatic carbocycles. The number of ketones is 1. The van der Waals surface area contributed by atoms with Crippen LogP contribution in [-0.4, -0.2) is 31.1 Å². The van der Waals surface area contributed by atoms with Crippen molar-refractivity contribution in [2.45, 2.75) is 44.8 Å². The molecule has 3 heteroatoms. The summed E-state index contributed by atoms with van der Waals surface area (Å²) in [6, 6.07) is 8.32. The number of carbonyl (C=O) groups is 1. The lowest BCUT2D eigenvalue weighted by Crippen LogP contribution is -2.60. The van der Waals surface area contributed by atoms with Gasteiger partial charge in [0.15, 0.2) is 5.78 Å². The van der Waals surface area contributed by atoms with E-state index in [9.17, 15) is 4.79 Å². The fourth-order valence-electron chi connectivity index (χ4n) is 3.84. The monoisotopic (exact) mass is 299 g/mol. The van der Waals surface area contributed by atoms with Crippen molar-refractivity contribution in [3.63, 3.8) is 0 Å². The topological polar surface area (TPSA) is 29.5 Å². The van der Waals surface area contributed by atoms with Crippen molar-refractivity contribution >= 4 is 17.5 Å². The molecule has 2 unspecified atom stereocenters. The Kier molecular flexibility index (Phi) is 3.44. The molecule has 4 rings (SSSR count). The minimum atomic E-state index is -0.645. The third kappa shape index (κ3) is 2.38. The van der Waals surface area contributed by atoms with Crippen LogP contribution in [0, 0.1) is 5.92 Å². The second kappa shape index (κ2) is 4.95. The Morgan fingerprint density at radius 1 is 1.18 bits per heavy atom. The Balaban J connectivity index is 1.97. The highest BCUT2D eigenvalue weighted by Crippen LogP contribution is 2.50. The number of nitrogens with zero attached hydrogens (tertiary/aromatic N) is 1. The molecule has 3 aliphatic rings. The summed E-state index contributed by atoms with van der Waals surface area (Å²) < 4.78 is 6.09. The van der Waals surface area contributed by atoms with Crippen LogP contribution < -0.4 is 4.90 Å². The van der Waals surface area contributed by atoms with Gasteiger partial charge in [-0.2, -0.15) is 0 Å². The molecular formula is C19H25NO2. The van der Waals surface area contributed by atoms with Gasteiger partial charge in [0.25, 0.3) is 0 Å². The Morgan fingerprint density at radius 2 is 1.82 bits per heavy atom. The number of carbonyl (C=O) groups excluding carboxylic acids is 1. The molecule has 3 fully saturated rings. The summed E-state index contributed by atoms with van der Waals surface area (Å²) in [5, 5.41) is 0. The van der Waals surface area contributed by atoms with E-state index in [0.29, 0.717) is 0 Å². The first-order valence-electron chi connectivity index (χ1n) is 7.97. The lowest BCUT2D eigenvalue weighted by molar-refractivity contribution is -0.206. The van der Waals surface area contributed by atoms with Gasteiger partial charge >= 0.3 is 0 Å². The van der Waals surface area contributed by atoms with Crippen LogP contribution >= 0.6 is 0 Å². The number of anilines is 1. The Morgan fingerprint density at radius 3 is 2.36 bits per heavy atom. The predicted octanol–water partition coefficient (Wildman–Crippen LogP) is 3.68. The van der Waals surface area contributed by atoms with Gasteiger partial charge < -0.3 is 9.64 Å². The standard InChI is InChI=1S/C19H25NO2/c1-18(2)16-10-11-19(3,22-18)17(21)15(16)12-13-6-8-14(9-7-13)20(4)5/h6-9,12,16H,10-11H2,1-5H3/b15-12-. The second-order valence-corrected chi connectivity index (χ2v) is 7.44. The molecular weight excluding hydrogens is 274 g/mol. The molecule has 0 radical (unpaired) electrons. The van der Waals surface area contributed by atoms with E-state index in [1.807, 2.05) is 21.0 Å². The highest BCUT2D eigenvalue weighted by atomic mass is 16.5. The Labute approximate surface area is 133 Å². The largest absolute Gasteiger partial charge is 0.378 e. The van der Waals surface area contributed by atoms with Crippen molar-refractivity contribution in [1.29, 1.82) is 0 Å². The maximum Gasteiger partial charge on any atom is 0.190 e. The number of hydrogen-bond acceptors (Lipinski definition) is 3. The number of Topliss-reactive ketones (excluding diaryl/α,β-unsaturated/α-hetero) is 1. The molecule has 0 N–H and O–H groups in total. The number of hydrogen-bond donors (Lipinski definition) is 0. The Hall–Kier alpha value is -1.61. The summed E-state index contributed by atoms with van der Waals surface area (Å²) in [5.41, 5.74) is 2.27. The molecule has 3 nitrogen and oxygen atoms in total. The average Bonchev–Trinajstić information content (AvgIpc) is 2.43. The van der Waals surface area contributed by atoms with Gasteiger partial charge in [-0.3, -0.25) is 4.79 Å². The van der Waals surface area contributed by atoms with Gasteiger partial charge in [0.05, 0.1) is 5.60 Å². The van der Waals surface area contributed by atoms with E-state index < -0.39 is 5.60 Å². The smallest absolute Gasteiger partial charge is 0.190 e. The fourth-order valence-corrected chi connectivity index (χ4v) is 3.84. The zero-order valence-electron chi connectivity index (χ0n) is 14.1. The van der Waals surface area contributed by atoms with E-state index in [0.717, 1.165) is 29.7 Å². The molecule has 0 amide bonds.